The number of carbonyl (C=O) groups is 1. The van der Waals surface area contributed by atoms with Crippen molar-refractivity contribution in [1.29, 1.82) is 0 Å². The van der Waals surface area contributed by atoms with Crippen molar-refractivity contribution in [2.24, 2.45) is 0 Å². The van der Waals surface area contributed by atoms with Crippen LogP contribution in [0.4, 0.5) is 9.80 Å². The maximum atomic E-state index is 11.3. The van der Waals surface area contributed by atoms with Crippen LogP contribution in [0.3, 0.4) is 0 Å². The van der Waals surface area contributed by atoms with Gasteiger partial charge in [0.1, 0.15) is 10.6 Å². The first-order valence-electron chi connectivity index (χ1n) is 5.45. The number of hydrogen-bond acceptors (Lipinski definition) is 6. The van der Waals surface area contributed by atoms with Crippen molar-refractivity contribution in [3.05, 3.63) is 6.20 Å². The first kappa shape index (κ1) is 13.7. The predicted octanol–water partition coefficient (Wildman–Crippen LogP) is 1.86. The summed E-state index contributed by atoms with van der Waals surface area (Å²) in [6.07, 6.45) is 2.11. The van der Waals surface area contributed by atoms with Crippen LogP contribution in [0.15, 0.2) is 6.20 Å². The third kappa shape index (κ3) is 6.72. The summed E-state index contributed by atoms with van der Waals surface area (Å²) in [6, 6.07) is 0. The van der Waals surface area contributed by atoms with E-state index >= 15 is 0 Å². The molecule has 96 valence electrons. The summed E-state index contributed by atoms with van der Waals surface area (Å²) in [4.78, 5) is 11.3. The van der Waals surface area contributed by atoms with Crippen molar-refractivity contribution < 1.29 is 9.53 Å². The second kappa shape index (κ2) is 6.39. The van der Waals surface area contributed by atoms with E-state index < -0.39 is 5.60 Å². The molecule has 0 aliphatic heterocycles. The molecular formula is C10H18N4O2S. The average Bonchev–Trinajstić information content (AvgIpc) is 2.67. The molecule has 0 spiro atoms. The van der Waals surface area contributed by atoms with Gasteiger partial charge in [-0.2, -0.15) is 0 Å². The lowest BCUT2D eigenvalue weighted by atomic mass is 10.2. The molecule has 1 heterocycles. The third-order valence-corrected chi connectivity index (χ3v) is 2.30. The SMILES string of the molecule is CC(C)(C)OC(=O)NCCCNc1cnns1. The Bertz CT molecular complexity index is 335. The van der Waals surface area contributed by atoms with Crippen molar-refractivity contribution in [2.75, 3.05) is 18.4 Å². The molecule has 0 radical (unpaired) electrons. The monoisotopic (exact) mass is 258 g/mol. The van der Waals surface area contributed by atoms with E-state index in [2.05, 4.69) is 20.2 Å². The maximum Gasteiger partial charge on any atom is 0.407 e. The van der Waals surface area contributed by atoms with Gasteiger partial charge in [0.2, 0.25) is 0 Å². The largest absolute Gasteiger partial charge is 0.444 e. The number of amides is 1. The van der Waals surface area contributed by atoms with Gasteiger partial charge in [0.25, 0.3) is 0 Å². The number of aromatic nitrogens is 2. The van der Waals surface area contributed by atoms with Crippen LogP contribution < -0.4 is 10.6 Å². The number of alkyl carbamates (subject to hydrolysis) is 1. The average molecular weight is 258 g/mol. The van der Waals surface area contributed by atoms with E-state index in [1.165, 1.54) is 11.5 Å². The zero-order chi connectivity index (χ0) is 12.7. The fourth-order valence-corrected chi connectivity index (χ4v) is 1.49. The van der Waals surface area contributed by atoms with Gasteiger partial charge >= 0.3 is 6.09 Å². The van der Waals surface area contributed by atoms with Gasteiger partial charge in [0.15, 0.2) is 0 Å². The zero-order valence-corrected chi connectivity index (χ0v) is 11.1. The van der Waals surface area contributed by atoms with Gasteiger partial charge in [0.05, 0.1) is 6.20 Å². The molecule has 1 aromatic rings. The van der Waals surface area contributed by atoms with E-state index in [-0.39, 0.29) is 6.09 Å². The zero-order valence-electron chi connectivity index (χ0n) is 10.3. The van der Waals surface area contributed by atoms with E-state index in [1.807, 2.05) is 20.8 Å². The lowest BCUT2D eigenvalue weighted by Crippen LogP contribution is -2.33. The first-order valence-corrected chi connectivity index (χ1v) is 6.23. The molecule has 0 aromatic carbocycles. The molecule has 1 rings (SSSR count). The number of anilines is 1. The minimum Gasteiger partial charge on any atom is -0.444 e. The van der Waals surface area contributed by atoms with E-state index in [4.69, 9.17) is 4.74 Å². The number of carbonyl (C=O) groups excluding carboxylic acids is 1. The van der Waals surface area contributed by atoms with Crippen LogP contribution in [0.5, 0.6) is 0 Å². The van der Waals surface area contributed by atoms with Gasteiger partial charge in [-0.1, -0.05) is 4.49 Å². The fourth-order valence-electron chi connectivity index (χ4n) is 1.05. The molecule has 2 N–H and O–H groups in total. The number of rotatable bonds is 5. The third-order valence-electron chi connectivity index (χ3n) is 1.68. The molecule has 0 fully saturated rings. The van der Waals surface area contributed by atoms with Crippen molar-refractivity contribution in [2.45, 2.75) is 32.8 Å². The summed E-state index contributed by atoms with van der Waals surface area (Å²) < 4.78 is 8.83. The Morgan fingerprint density at radius 2 is 2.24 bits per heavy atom. The molecule has 0 atom stereocenters. The molecule has 0 unspecified atom stereocenters. The summed E-state index contributed by atoms with van der Waals surface area (Å²) in [5, 5.41) is 10.5. The number of hydrogen-bond donors (Lipinski definition) is 2. The van der Waals surface area contributed by atoms with Gasteiger partial charge in [-0.15, -0.1) is 5.10 Å². The van der Waals surface area contributed by atoms with Crippen LogP contribution in [0, 0.1) is 0 Å². The lowest BCUT2D eigenvalue weighted by molar-refractivity contribution is 0.0528. The molecule has 7 heteroatoms. The summed E-state index contributed by atoms with van der Waals surface area (Å²) in [5.74, 6) is 0. The summed E-state index contributed by atoms with van der Waals surface area (Å²) in [7, 11) is 0. The minimum absolute atomic E-state index is 0.378. The van der Waals surface area contributed by atoms with Gasteiger partial charge in [-0.25, -0.2) is 4.79 Å². The summed E-state index contributed by atoms with van der Waals surface area (Å²) >= 11 is 1.31. The van der Waals surface area contributed by atoms with Crippen molar-refractivity contribution in [3.8, 4) is 0 Å². The number of nitrogens with zero attached hydrogens (tertiary/aromatic N) is 2. The van der Waals surface area contributed by atoms with Gasteiger partial charge in [-0.05, 0) is 27.2 Å². The highest BCUT2D eigenvalue weighted by atomic mass is 32.1. The molecular weight excluding hydrogens is 240 g/mol. The first-order chi connectivity index (χ1) is 7.97. The molecule has 6 nitrogen and oxygen atoms in total. The van der Waals surface area contributed by atoms with E-state index in [0.717, 1.165) is 18.0 Å². The summed E-state index contributed by atoms with van der Waals surface area (Å²) in [5.41, 5.74) is -0.448. The maximum absolute atomic E-state index is 11.3. The highest BCUT2D eigenvalue weighted by Gasteiger charge is 2.15. The molecule has 0 bridgehead atoms. The normalized spacial score (nSPS) is 11.0. The Kier molecular flexibility index (Phi) is 5.14. The standard InChI is InChI=1S/C10H18N4O2S/c1-10(2,3)16-9(15)12-6-4-5-11-8-7-13-14-17-8/h7,11H,4-6H2,1-3H3,(H,12,15). The Hall–Kier alpha value is -1.37. The molecule has 0 aliphatic carbocycles. The van der Waals surface area contributed by atoms with Crippen molar-refractivity contribution >= 4 is 22.6 Å². The van der Waals surface area contributed by atoms with E-state index in [1.54, 1.807) is 6.20 Å². The van der Waals surface area contributed by atoms with E-state index in [0.29, 0.717) is 6.54 Å². The highest BCUT2D eigenvalue weighted by Crippen LogP contribution is 2.08. The Labute approximate surface area is 105 Å². The van der Waals surface area contributed by atoms with Crippen LogP contribution in [0.25, 0.3) is 0 Å². The van der Waals surface area contributed by atoms with Crippen molar-refractivity contribution in [3.63, 3.8) is 0 Å². The molecule has 17 heavy (non-hydrogen) atoms. The molecule has 1 aromatic heterocycles. The van der Waals surface area contributed by atoms with Crippen LogP contribution in [0.2, 0.25) is 0 Å². The van der Waals surface area contributed by atoms with Crippen molar-refractivity contribution in [1.82, 2.24) is 14.9 Å². The second-order valence-electron chi connectivity index (χ2n) is 4.49. The molecule has 0 aliphatic rings. The van der Waals surface area contributed by atoms with Crippen LogP contribution in [0.1, 0.15) is 27.2 Å². The molecule has 0 saturated carbocycles. The number of ether oxygens (including phenoxy) is 1. The second-order valence-corrected chi connectivity index (χ2v) is 5.28. The smallest absolute Gasteiger partial charge is 0.407 e. The highest BCUT2D eigenvalue weighted by molar-refractivity contribution is 7.09. The van der Waals surface area contributed by atoms with Crippen LogP contribution in [-0.2, 0) is 4.74 Å². The van der Waals surface area contributed by atoms with E-state index in [9.17, 15) is 4.79 Å². The Morgan fingerprint density at radius 1 is 1.47 bits per heavy atom. The Morgan fingerprint density at radius 3 is 2.82 bits per heavy atom. The quantitative estimate of drug-likeness (QED) is 0.788. The lowest BCUT2D eigenvalue weighted by Gasteiger charge is -2.19. The van der Waals surface area contributed by atoms with Gasteiger partial charge in [0, 0.05) is 24.6 Å². The van der Waals surface area contributed by atoms with Crippen LogP contribution >= 0.6 is 11.5 Å². The van der Waals surface area contributed by atoms with Gasteiger partial charge < -0.3 is 15.4 Å². The molecule has 0 saturated heterocycles. The molecule has 1 amide bonds. The fraction of sp³-hybridized carbons (Fsp3) is 0.700. The van der Waals surface area contributed by atoms with Gasteiger partial charge in [-0.3, -0.25) is 0 Å². The Balaban J connectivity index is 2.02. The minimum atomic E-state index is -0.448. The van der Waals surface area contributed by atoms with Crippen LogP contribution in [-0.4, -0.2) is 34.4 Å². The predicted molar refractivity (Wildman–Crippen MR) is 67.3 cm³/mol. The topological polar surface area (TPSA) is 76.1 Å². The number of nitrogens with one attached hydrogen (secondary N) is 2. The summed E-state index contributed by atoms with van der Waals surface area (Å²) in [6.45, 7) is 6.86.